The number of rotatable bonds is 3. The number of amides is 1. The van der Waals surface area contributed by atoms with Crippen molar-refractivity contribution >= 4 is 27.5 Å². The van der Waals surface area contributed by atoms with Gasteiger partial charge in [-0.3, -0.25) is 4.79 Å². The van der Waals surface area contributed by atoms with E-state index in [4.69, 9.17) is 10.1 Å². The molecule has 30 heavy (non-hydrogen) atoms. The molecule has 6 rings (SSSR count). The topological polar surface area (TPSA) is 51.0 Å². The highest BCUT2D eigenvalue weighted by atomic mass is 32.1. The molecular formula is C24H22N4OS. The van der Waals surface area contributed by atoms with Crippen molar-refractivity contribution in [2.24, 2.45) is 0 Å². The molecule has 150 valence electrons. The first-order valence-electron chi connectivity index (χ1n) is 10.6. The van der Waals surface area contributed by atoms with Crippen LogP contribution in [-0.4, -0.2) is 32.1 Å². The fourth-order valence-electron chi connectivity index (χ4n) is 4.83. The number of thiazole rings is 1. The van der Waals surface area contributed by atoms with Crippen LogP contribution in [0, 0.1) is 0 Å². The predicted octanol–water partition coefficient (Wildman–Crippen LogP) is 4.95. The zero-order valence-corrected chi connectivity index (χ0v) is 17.4. The molecule has 1 aliphatic heterocycles. The highest BCUT2D eigenvalue weighted by Gasteiger charge is 2.36. The van der Waals surface area contributed by atoms with Gasteiger partial charge in [0, 0.05) is 17.8 Å². The van der Waals surface area contributed by atoms with Crippen LogP contribution in [0.15, 0.2) is 54.6 Å². The van der Waals surface area contributed by atoms with E-state index in [0.717, 1.165) is 60.4 Å². The minimum Gasteiger partial charge on any atom is -0.328 e. The molecule has 2 aromatic carbocycles. The van der Waals surface area contributed by atoms with Crippen LogP contribution < -0.4 is 0 Å². The summed E-state index contributed by atoms with van der Waals surface area (Å²) in [4.78, 5) is 20.5. The molecule has 1 atom stereocenters. The van der Waals surface area contributed by atoms with Crippen LogP contribution >= 0.6 is 11.3 Å². The molecule has 2 aromatic heterocycles. The van der Waals surface area contributed by atoms with Crippen molar-refractivity contribution < 1.29 is 4.79 Å². The van der Waals surface area contributed by atoms with Crippen LogP contribution in [0.5, 0.6) is 0 Å². The standard InChI is InChI=1S/C24H22N4OS/c29-24(22-17-10-6-12-19(17)28(26-22)16-8-2-1-3-9-16)27-15-7-13-20(27)23-25-18-11-4-5-14-21(18)30-23/h1-5,8-9,11,14,20H,6-7,10,12-13,15H2. The summed E-state index contributed by atoms with van der Waals surface area (Å²) in [6, 6.07) is 18.4. The van der Waals surface area contributed by atoms with E-state index < -0.39 is 0 Å². The fraction of sp³-hybridized carbons (Fsp3) is 0.292. The van der Waals surface area contributed by atoms with E-state index in [9.17, 15) is 4.79 Å². The SMILES string of the molecule is O=C(c1nn(-c2ccccc2)c2c1CCC2)N1CCCC1c1nc2ccccc2s1. The van der Waals surface area contributed by atoms with Gasteiger partial charge >= 0.3 is 0 Å². The number of hydrogen-bond donors (Lipinski definition) is 0. The molecule has 0 saturated carbocycles. The number of hydrogen-bond acceptors (Lipinski definition) is 4. The molecular weight excluding hydrogens is 392 g/mol. The van der Waals surface area contributed by atoms with Crippen molar-refractivity contribution in [3.63, 3.8) is 0 Å². The molecule has 1 amide bonds. The van der Waals surface area contributed by atoms with E-state index in [1.165, 1.54) is 10.4 Å². The second kappa shape index (κ2) is 7.06. The van der Waals surface area contributed by atoms with Crippen LogP contribution in [-0.2, 0) is 12.8 Å². The lowest BCUT2D eigenvalue weighted by Gasteiger charge is -2.22. The number of benzene rings is 2. The van der Waals surface area contributed by atoms with E-state index >= 15 is 0 Å². The summed E-state index contributed by atoms with van der Waals surface area (Å²) in [5.41, 5.74) is 5.02. The van der Waals surface area contributed by atoms with E-state index in [0.29, 0.717) is 5.69 Å². The Labute approximate surface area is 179 Å². The molecule has 6 heteroatoms. The Morgan fingerprint density at radius 1 is 1.00 bits per heavy atom. The lowest BCUT2D eigenvalue weighted by atomic mass is 10.1. The lowest BCUT2D eigenvalue weighted by molar-refractivity contribution is 0.0728. The molecule has 0 bridgehead atoms. The Balaban J connectivity index is 1.38. The number of aromatic nitrogens is 3. The highest BCUT2D eigenvalue weighted by molar-refractivity contribution is 7.18. The van der Waals surface area contributed by atoms with Crippen LogP contribution in [0.2, 0.25) is 0 Å². The van der Waals surface area contributed by atoms with Gasteiger partial charge in [-0.25, -0.2) is 9.67 Å². The van der Waals surface area contributed by atoms with Gasteiger partial charge in [0.15, 0.2) is 5.69 Å². The smallest absolute Gasteiger partial charge is 0.275 e. The van der Waals surface area contributed by atoms with E-state index in [1.807, 2.05) is 46.0 Å². The van der Waals surface area contributed by atoms with Gasteiger partial charge in [-0.1, -0.05) is 30.3 Å². The summed E-state index contributed by atoms with van der Waals surface area (Å²) in [5, 5.41) is 5.87. The monoisotopic (exact) mass is 414 g/mol. The average molecular weight is 415 g/mol. The molecule has 1 fully saturated rings. The van der Waals surface area contributed by atoms with Gasteiger partial charge in [-0.2, -0.15) is 5.10 Å². The van der Waals surface area contributed by atoms with Crippen molar-refractivity contribution in [1.82, 2.24) is 19.7 Å². The van der Waals surface area contributed by atoms with Gasteiger partial charge < -0.3 is 4.90 Å². The zero-order valence-electron chi connectivity index (χ0n) is 16.6. The molecule has 5 nitrogen and oxygen atoms in total. The first kappa shape index (κ1) is 17.8. The quantitative estimate of drug-likeness (QED) is 0.477. The van der Waals surface area contributed by atoms with Gasteiger partial charge in [0.05, 0.1) is 21.9 Å². The normalized spacial score (nSPS) is 18.3. The summed E-state index contributed by atoms with van der Waals surface area (Å²) in [6.45, 7) is 0.770. The maximum Gasteiger partial charge on any atom is 0.275 e. The molecule has 2 aliphatic rings. The van der Waals surface area contributed by atoms with Gasteiger partial charge in [0.25, 0.3) is 5.91 Å². The van der Waals surface area contributed by atoms with Crippen molar-refractivity contribution in [1.29, 1.82) is 0 Å². The van der Waals surface area contributed by atoms with Crippen molar-refractivity contribution in [2.45, 2.75) is 38.1 Å². The van der Waals surface area contributed by atoms with Crippen LogP contribution in [0.3, 0.4) is 0 Å². The lowest BCUT2D eigenvalue weighted by Crippen LogP contribution is -2.31. The summed E-state index contributed by atoms with van der Waals surface area (Å²) in [5.74, 6) is 0.0598. The third-order valence-electron chi connectivity index (χ3n) is 6.24. The Morgan fingerprint density at radius 3 is 2.70 bits per heavy atom. The number of para-hydroxylation sites is 2. The maximum atomic E-state index is 13.7. The molecule has 1 unspecified atom stereocenters. The molecule has 4 aromatic rings. The Kier molecular flexibility index (Phi) is 4.20. The first-order chi connectivity index (χ1) is 14.8. The zero-order chi connectivity index (χ0) is 20.1. The van der Waals surface area contributed by atoms with Gasteiger partial charge in [0.1, 0.15) is 5.01 Å². The third kappa shape index (κ3) is 2.78. The van der Waals surface area contributed by atoms with Crippen LogP contribution in [0.25, 0.3) is 15.9 Å². The van der Waals surface area contributed by atoms with Crippen molar-refractivity contribution in [2.75, 3.05) is 6.54 Å². The first-order valence-corrected chi connectivity index (χ1v) is 11.4. The minimum absolute atomic E-state index is 0.0498. The molecule has 0 N–H and O–H groups in total. The van der Waals surface area contributed by atoms with E-state index in [2.05, 4.69) is 18.2 Å². The largest absolute Gasteiger partial charge is 0.328 e. The minimum atomic E-state index is 0.0498. The Bertz CT molecular complexity index is 1210. The van der Waals surface area contributed by atoms with E-state index in [1.54, 1.807) is 11.3 Å². The summed E-state index contributed by atoms with van der Waals surface area (Å²) in [7, 11) is 0. The second-order valence-corrected chi connectivity index (χ2v) is 9.11. The summed E-state index contributed by atoms with van der Waals surface area (Å²) in [6.07, 6.45) is 4.97. The molecule has 1 aliphatic carbocycles. The highest BCUT2D eigenvalue weighted by Crippen LogP contribution is 2.38. The van der Waals surface area contributed by atoms with Crippen molar-refractivity contribution in [3.05, 3.63) is 76.6 Å². The maximum absolute atomic E-state index is 13.7. The van der Waals surface area contributed by atoms with Crippen molar-refractivity contribution in [3.8, 4) is 5.69 Å². The second-order valence-electron chi connectivity index (χ2n) is 8.05. The van der Waals surface area contributed by atoms with Crippen LogP contribution in [0.4, 0.5) is 0 Å². The number of nitrogens with zero attached hydrogens (tertiary/aromatic N) is 4. The number of likely N-dealkylation sites (tertiary alicyclic amines) is 1. The Morgan fingerprint density at radius 2 is 1.83 bits per heavy atom. The van der Waals surface area contributed by atoms with Gasteiger partial charge in [-0.05, 0) is 56.4 Å². The van der Waals surface area contributed by atoms with Gasteiger partial charge in [0.2, 0.25) is 0 Å². The van der Waals surface area contributed by atoms with Crippen LogP contribution in [0.1, 0.15) is 52.1 Å². The Hall–Kier alpha value is -2.99. The molecule has 3 heterocycles. The number of fused-ring (bicyclic) bond motifs is 2. The predicted molar refractivity (Wildman–Crippen MR) is 118 cm³/mol. The van der Waals surface area contributed by atoms with E-state index in [-0.39, 0.29) is 11.9 Å². The number of carbonyl (C=O) groups is 1. The fourth-order valence-corrected chi connectivity index (χ4v) is 5.94. The average Bonchev–Trinajstić information content (AvgIpc) is 3.56. The molecule has 0 spiro atoms. The van der Waals surface area contributed by atoms with Gasteiger partial charge in [-0.15, -0.1) is 11.3 Å². The number of carbonyl (C=O) groups excluding carboxylic acids is 1. The molecule has 1 saturated heterocycles. The third-order valence-corrected chi connectivity index (χ3v) is 7.38. The summed E-state index contributed by atoms with van der Waals surface area (Å²) < 4.78 is 3.17. The molecule has 0 radical (unpaired) electrons. The summed E-state index contributed by atoms with van der Waals surface area (Å²) >= 11 is 1.71.